The van der Waals surface area contributed by atoms with Crippen molar-refractivity contribution in [1.82, 2.24) is 15.5 Å². The second-order valence-electron chi connectivity index (χ2n) is 5.84. The minimum Gasteiger partial charge on any atom is -0.454 e. The number of benzene rings is 1. The number of alkyl halides is 2. The Balaban J connectivity index is 0.00000392. The lowest BCUT2D eigenvalue weighted by Gasteiger charge is -2.18. The molecule has 8 nitrogen and oxygen atoms in total. The number of aliphatic imine (C=N–C) groups is 1. The van der Waals surface area contributed by atoms with Gasteiger partial charge in [0.2, 0.25) is 6.79 Å². The second kappa shape index (κ2) is 12.8. The first-order valence-corrected chi connectivity index (χ1v) is 8.52. The summed E-state index contributed by atoms with van der Waals surface area (Å²) in [6.45, 7) is 0.327. The van der Waals surface area contributed by atoms with Crippen LogP contribution in [-0.4, -0.2) is 71.7 Å². The topological polar surface area (TPSA) is 76.6 Å². The zero-order valence-corrected chi connectivity index (χ0v) is 18.5. The Labute approximate surface area is 180 Å². The average molecular weight is 516 g/mol. The standard InChI is InChI=1S/C17H26F2N4O4.HI/c1-20-17(21-4-5-23(2)6-7-24-3)22-10-12-8-14-15(26-11-25-14)9-13(12)27-16(18)19;/h8-9,16H,4-7,10-11H2,1-3H3,(H2,20,21,22);1H. The van der Waals surface area contributed by atoms with Crippen LogP contribution in [0.25, 0.3) is 0 Å². The number of guanidine groups is 1. The van der Waals surface area contributed by atoms with Crippen LogP contribution in [0.2, 0.25) is 0 Å². The molecule has 1 aromatic rings. The van der Waals surface area contributed by atoms with Crippen molar-refractivity contribution in [3.63, 3.8) is 0 Å². The summed E-state index contributed by atoms with van der Waals surface area (Å²) >= 11 is 0. The highest BCUT2D eigenvalue weighted by Crippen LogP contribution is 2.38. The van der Waals surface area contributed by atoms with Crippen LogP contribution < -0.4 is 24.8 Å². The molecule has 0 spiro atoms. The van der Waals surface area contributed by atoms with E-state index in [1.807, 2.05) is 7.05 Å². The summed E-state index contributed by atoms with van der Waals surface area (Å²) in [5.41, 5.74) is 0.514. The van der Waals surface area contributed by atoms with Crippen LogP contribution in [0.1, 0.15) is 5.56 Å². The summed E-state index contributed by atoms with van der Waals surface area (Å²) in [7, 11) is 5.30. The number of fused-ring (bicyclic) bond motifs is 1. The predicted octanol–water partition coefficient (Wildman–Crippen LogP) is 1.88. The first-order valence-electron chi connectivity index (χ1n) is 8.52. The highest BCUT2D eigenvalue weighted by molar-refractivity contribution is 14.0. The van der Waals surface area contributed by atoms with E-state index >= 15 is 0 Å². The third kappa shape index (κ3) is 7.80. The Morgan fingerprint density at radius 3 is 2.61 bits per heavy atom. The monoisotopic (exact) mass is 516 g/mol. The molecule has 0 aromatic heterocycles. The number of rotatable bonds is 10. The number of halogens is 3. The number of hydrogen-bond donors (Lipinski definition) is 2. The van der Waals surface area contributed by atoms with Gasteiger partial charge in [-0.1, -0.05) is 0 Å². The van der Waals surface area contributed by atoms with Crippen LogP contribution in [-0.2, 0) is 11.3 Å². The smallest absolute Gasteiger partial charge is 0.387 e. The SMILES string of the molecule is CN=C(NCCN(C)CCOC)NCc1cc2c(cc1OC(F)F)OCO2.I. The van der Waals surface area contributed by atoms with Crippen molar-refractivity contribution in [2.24, 2.45) is 4.99 Å². The molecular weight excluding hydrogens is 489 g/mol. The van der Waals surface area contributed by atoms with Crippen molar-refractivity contribution in [2.45, 2.75) is 13.2 Å². The maximum atomic E-state index is 12.7. The molecule has 0 fully saturated rings. The molecular formula is C17H27F2IN4O4. The van der Waals surface area contributed by atoms with Crippen LogP contribution in [0.15, 0.2) is 17.1 Å². The molecule has 2 N–H and O–H groups in total. The molecule has 0 atom stereocenters. The lowest BCUT2D eigenvalue weighted by atomic mass is 10.1. The Bertz CT molecular complexity index is 637. The van der Waals surface area contributed by atoms with E-state index in [0.717, 1.165) is 13.1 Å². The van der Waals surface area contributed by atoms with E-state index in [4.69, 9.17) is 14.2 Å². The summed E-state index contributed by atoms with van der Waals surface area (Å²) in [4.78, 5) is 6.25. The molecule has 0 aliphatic carbocycles. The van der Waals surface area contributed by atoms with Crippen molar-refractivity contribution in [3.8, 4) is 17.2 Å². The molecule has 1 aliphatic rings. The molecule has 0 saturated carbocycles. The normalized spacial score (nSPS) is 12.9. The van der Waals surface area contributed by atoms with E-state index in [9.17, 15) is 8.78 Å². The molecule has 1 heterocycles. The fourth-order valence-electron chi connectivity index (χ4n) is 2.43. The van der Waals surface area contributed by atoms with Gasteiger partial charge in [-0.2, -0.15) is 8.78 Å². The zero-order valence-electron chi connectivity index (χ0n) is 16.2. The minimum absolute atomic E-state index is 0. The van der Waals surface area contributed by atoms with Gasteiger partial charge in [0.05, 0.1) is 6.61 Å². The van der Waals surface area contributed by atoms with Crippen molar-refractivity contribution in [1.29, 1.82) is 0 Å². The van der Waals surface area contributed by atoms with E-state index in [2.05, 4.69) is 25.3 Å². The third-order valence-electron chi connectivity index (χ3n) is 3.90. The number of nitrogens with one attached hydrogen (secondary N) is 2. The molecule has 0 radical (unpaired) electrons. The average Bonchev–Trinajstić information content (AvgIpc) is 3.09. The van der Waals surface area contributed by atoms with Gasteiger partial charge in [0.25, 0.3) is 0 Å². The molecule has 160 valence electrons. The van der Waals surface area contributed by atoms with Crippen LogP contribution >= 0.6 is 24.0 Å². The van der Waals surface area contributed by atoms with Crippen LogP contribution in [0.5, 0.6) is 17.2 Å². The molecule has 0 unspecified atom stereocenters. The molecule has 0 saturated heterocycles. The number of hydrogen-bond acceptors (Lipinski definition) is 6. The number of ether oxygens (including phenoxy) is 4. The summed E-state index contributed by atoms with van der Waals surface area (Å²) in [5, 5.41) is 6.25. The maximum Gasteiger partial charge on any atom is 0.387 e. The van der Waals surface area contributed by atoms with Gasteiger partial charge in [-0.05, 0) is 13.1 Å². The highest BCUT2D eigenvalue weighted by atomic mass is 127. The van der Waals surface area contributed by atoms with Crippen molar-refractivity contribution < 1.29 is 27.7 Å². The van der Waals surface area contributed by atoms with Crippen LogP contribution in [0.3, 0.4) is 0 Å². The molecule has 11 heteroatoms. The summed E-state index contributed by atoms with van der Waals surface area (Å²) < 4.78 is 45.5. The lowest BCUT2D eigenvalue weighted by molar-refractivity contribution is -0.0505. The van der Waals surface area contributed by atoms with Crippen molar-refractivity contribution in [3.05, 3.63) is 17.7 Å². The van der Waals surface area contributed by atoms with Crippen molar-refractivity contribution in [2.75, 3.05) is 54.2 Å². The van der Waals surface area contributed by atoms with Gasteiger partial charge in [0, 0.05) is 52.0 Å². The number of likely N-dealkylation sites (N-methyl/N-ethyl adjacent to an activating group) is 1. The second-order valence-corrected chi connectivity index (χ2v) is 5.84. The molecule has 0 amide bonds. The lowest BCUT2D eigenvalue weighted by Crippen LogP contribution is -2.41. The van der Waals surface area contributed by atoms with Gasteiger partial charge >= 0.3 is 6.61 Å². The third-order valence-corrected chi connectivity index (χ3v) is 3.90. The zero-order chi connectivity index (χ0) is 19.6. The van der Waals surface area contributed by atoms with E-state index in [0.29, 0.717) is 36.2 Å². The van der Waals surface area contributed by atoms with Crippen LogP contribution in [0.4, 0.5) is 8.78 Å². The van der Waals surface area contributed by atoms with E-state index in [-0.39, 0.29) is 43.1 Å². The minimum atomic E-state index is -2.93. The fourth-order valence-corrected chi connectivity index (χ4v) is 2.43. The molecule has 0 bridgehead atoms. The van der Waals surface area contributed by atoms with E-state index < -0.39 is 6.61 Å². The fraction of sp³-hybridized carbons (Fsp3) is 0.588. The molecule has 2 rings (SSSR count). The highest BCUT2D eigenvalue weighted by Gasteiger charge is 2.20. The quantitative estimate of drug-likeness (QED) is 0.280. The first kappa shape index (κ1) is 24.4. The Hall–Kier alpha value is -1.60. The molecule has 1 aromatic carbocycles. The van der Waals surface area contributed by atoms with E-state index in [1.165, 1.54) is 6.07 Å². The largest absolute Gasteiger partial charge is 0.454 e. The molecule has 1 aliphatic heterocycles. The summed E-state index contributed by atoms with van der Waals surface area (Å²) in [5.74, 6) is 1.47. The maximum absolute atomic E-state index is 12.7. The van der Waals surface area contributed by atoms with Gasteiger partial charge < -0.3 is 34.5 Å². The van der Waals surface area contributed by atoms with Gasteiger partial charge in [-0.15, -0.1) is 24.0 Å². The summed E-state index contributed by atoms with van der Waals surface area (Å²) in [6.07, 6.45) is 0. The van der Waals surface area contributed by atoms with Gasteiger partial charge in [-0.3, -0.25) is 4.99 Å². The summed E-state index contributed by atoms with van der Waals surface area (Å²) in [6, 6.07) is 3.03. The first-order chi connectivity index (χ1) is 13.0. The van der Waals surface area contributed by atoms with Gasteiger partial charge in [-0.25, -0.2) is 0 Å². The van der Waals surface area contributed by atoms with Gasteiger partial charge in [0.1, 0.15) is 5.75 Å². The van der Waals surface area contributed by atoms with Crippen LogP contribution in [0, 0.1) is 0 Å². The Kier molecular flexibility index (Phi) is 11.2. The number of methoxy groups -OCH3 is 1. The van der Waals surface area contributed by atoms with Gasteiger partial charge in [0.15, 0.2) is 17.5 Å². The predicted molar refractivity (Wildman–Crippen MR) is 112 cm³/mol. The van der Waals surface area contributed by atoms with E-state index in [1.54, 1.807) is 20.2 Å². The Morgan fingerprint density at radius 2 is 1.96 bits per heavy atom. The molecule has 28 heavy (non-hydrogen) atoms. The number of nitrogens with zero attached hydrogens (tertiary/aromatic N) is 2. The van der Waals surface area contributed by atoms with Crippen molar-refractivity contribution >= 4 is 29.9 Å². The Morgan fingerprint density at radius 1 is 1.25 bits per heavy atom.